The first kappa shape index (κ1) is 22.7. The van der Waals surface area contributed by atoms with E-state index in [1.165, 1.54) is 23.7 Å². The van der Waals surface area contributed by atoms with Gasteiger partial charge >= 0.3 is 0 Å². The van der Waals surface area contributed by atoms with Crippen molar-refractivity contribution >= 4 is 27.7 Å². The molecule has 3 aromatic carbocycles. The first-order valence-corrected chi connectivity index (χ1v) is 12.2. The molecule has 0 bridgehead atoms. The zero-order valence-corrected chi connectivity index (χ0v) is 20.6. The standard InChI is InChI=1S/C27H24N4O3S/c1-16-5-6-19(11-17(16)2)23-12-18(3)22(14-25(23)33-4)27-21-8-7-20(13-24(21)28-15-29-27)35(32)31-26-9-10-34-30-26/h5-15H,1-4H3,(H,30,31). The molecule has 0 fully saturated rings. The summed E-state index contributed by atoms with van der Waals surface area (Å²) in [5.41, 5.74) is 8.14. The predicted octanol–water partition coefficient (Wildman–Crippen LogP) is 6.02. The van der Waals surface area contributed by atoms with E-state index in [0.29, 0.717) is 16.2 Å². The summed E-state index contributed by atoms with van der Waals surface area (Å²) in [6.07, 6.45) is 2.94. The summed E-state index contributed by atoms with van der Waals surface area (Å²) in [4.78, 5) is 9.59. The second-order valence-electron chi connectivity index (χ2n) is 8.32. The fraction of sp³-hybridized carbons (Fsp3) is 0.148. The number of benzene rings is 3. The molecule has 8 heteroatoms. The topological polar surface area (TPSA) is 90.1 Å². The number of aromatic nitrogens is 3. The molecule has 7 nitrogen and oxygen atoms in total. The normalized spacial score (nSPS) is 12.0. The number of nitrogens with zero attached hydrogens (tertiary/aromatic N) is 3. The molecule has 0 aliphatic heterocycles. The molecule has 0 aliphatic rings. The maximum absolute atomic E-state index is 12.7. The summed E-state index contributed by atoms with van der Waals surface area (Å²) >= 11 is 0. The van der Waals surface area contributed by atoms with Crippen LogP contribution in [-0.4, -0.2) is 26.4 Å². The molecule has 176 valence electrons. The van der Waals surface area contributed by atoms with Gasteiger partial charge in [-0.2, -0.15) is 0 Å². The van der Waals surface area contributed by atoms with Crippen molar-refractivity contribution in [1.29, 1.82) is 0 Å². The Bertz CT molecular complexity index is 1570. The molecule has 0 saturated heterocycles. The number of anilines is 1. The Kier molecular flexibility index (Phi) is 6.05. The molecule has 1 N–H and O–H groups in total. The number of aryl methyl sites for hydroxylation is 3. The minimum atomic E-state index is -1.51. The molecule has 1 unspecified atom stereocenters. The first-order valence-electron chi connectivity index (χ1n) is 11.0. The van der Waals surface area contributed by atoms with E-state index in [4.69, 9.17) is 9.26 Å². The van der Waals surface area contributed by atoms with Gasteiger partial charge in [0.25, 0.3) is 0 Å². The summed E-state index contributed by atoms with van der Waals surface area (Å²) in [6, 6.07) is 17.7. The van der Waals surface area contributed by atoms with Crippen LogP contribution >= 0.6 is 0 Å². The van der Waals surface area contributed by atoms with Crippen molar-refractivity contribution in [2.24, 2.45) is 0 Å². The Hall–Kier alpha value is -4.04. The maximum Gasteiger partial charge on any atom is 0.181 e. The number of methoxy groups -OCH3 is 1. The van der Waals surface area contributed by atoms with Crippen molar-refractivity contribution in [3.05, 3.63) is 83.9 Å². The van der Waals surface area contributed by atoms with Gasteiger partial charge < -0.3 is 9.26 Å². The fourth-order valence-corrected chi connectivity index (χ4v) is 4.86. The lowest BCUT2D eigenvalue weighted by Gasteiger charge is -2.16. The Morgan fingerprint density at radius 2 is 1.74 bits per heavy atom. The average Bonchev–Trinajstić information content (AvgIpc) is 3.38. The average molecular weight is 485 g/mol. The third-order valence-corrected chi connectivity index (χ3v) is 7.15. The lowest BCUT2D eigenvalue weighted by molar-refractivity contribution is 0.416. The van der Waals surface area contributed by atoms with Gasteiger partial charge in [0.1, 0.15) is 18.3 Å². The van der Waals surface area contributed by atoms with Crippen LogP contribution in [0.3, 0.4) is 0 Å². The third-order valence-electron chi connectivity index (χ3n) is 6.08. The highest BCUT2D eigenvalue weighted by atomic mass is 32.2. The van der Waals surface area contributed by atoms with E-state index in [0.717, 1.165) is 39.1 Å². The number of ether oxygens (including phenoxy) is 1. The smallest absolute Gasteiger partial charge is 0.181 e. The second-order valence-corrected chi connectivity index (χ2v) is 9.54. The van der Waals surface area contributed by atoms with Gasteiger partial charge in [0.15, 0.2) is 16.8 Å². The van der Waals surface area contributed by atoms with Crippen LogP contribution in [0.1, 0.15) is 16.7 Å². The molecule has 0 amide bonds. The first-order chi connectivity index (χ1) is 16.9. The van der Waals surface area contributed by atoms with E-state index in [1.54, 1.807) is 25.3 Å². The number of rotatable bonds is 6. The maximum atomic E-state index is 12.7. The molecule has 1 atom stereocenters. The second kappa shape index (κ2) is 9.31. The summed E-state index contributed by atoms with van der Waals surface area (Å²) in [7, 11) is 0.171. The summed E-state index contributed by atoms with van der Waals surface area (Å²) in [6.45, 7) is 6.29. The summed E-state index contributed by atoms with van der Waals surface area (Å²) in [5.74, 6) is 1.17. The van der Waals surface area contributed by atoms with Gasteiger partial charge in [0.2, 0.25) is 0 Å². The van der Waals surface area contributed by atoms with Gasteiger partial charge in [-0.3, -0.25) is 4.72 Å². The molecule has 2 heterocycles. The van der Waals surface area contributed by atoms with Crippen LogP contribution in [0.2, 0.25) is 0 Å². The zero-order chi connectivity index (χ0) is 24.5. The van der Waals surface area contributed by atoms with Crippen molar-refractivity contribution < 1.29 is 13.5 Å². The summed E-state index contributed by atoms with van der Waals surface area (Å²) < 4.78 is 26.1. The molecule has 0 aliphatic carbocycles. The molecule has 5 rings (SSSR count). The van der Waals surface area contributed by atoms with Crippen molar-refractivity contribution in [3.63, 3.8) is 0 Å². The third kappa shape index (κ3) is 4.40. The Labute approximate surface area is 205 Å². The minimum Gasteiger partial charge on any atom is -0.496 e. The van der Waals surface area contributed by atoms with E-state index in [9.17, 15) is 4.21 Å². The lowest BCUT2D eigenvalue weighted by atomic mass is 9.94. The quantitative estimate of drug-likeness (QED) is 0.317. The van der Waals surface area contributed by atoms with Gasteiger partial charge in [0, 0.05) is 22.6 Å². The van der Waals surface area contributed by atoms with Crippen LogP contribution < -0.4 is 9.46 Å². The van der Waals surface area contributed by atoms with Crippen LogP contribution in [0.5, 0.6) is 5.75 Å². The summed E-state index contributed by atoms with van der Waals surface area (Å²) in [5, 5.41) is 4.61. The number of nitrogens with one attached hydrogen (secondary N) is 1. The molecular weight excluding hydrogens is 460 g/mol. The van der Waals surface area contributed by atoms with E-state index in [-0.39, 0.29) is 0 Å². The minimum absolute atomic E-state index is 0.401. The zero-order valence-electron chi connectivity index (χ0n) is 19.8. The van der Waals surface area contributed by atoms with Gasteiger partial charge in [-0.05, 0) is 73.4 Å². The van der Waals surface area contributed by atoms with Gasteiger partial charge in [-0.1, -0.05) is 23.4 Å². The molecule has 35 heavy (non-hydrogen) atoms. The van der Waals surface area contributed by atoms with Crippen LogP contribution in [0.25, 0.3) is 33.3 Å². The number of hydrogen-bond donors (Lipinski definition) is 1. The van der Waals surface area contributed by atoms with E-state index < -0.39 is 11.0 Å². The highest BCUT2D eigenvalue weighted by Gasteiger charge is 2.16. The molecule has 0 radical (unpaired) electrons. The molecule has 5 aromatic rings. The lowest BCUT2D eigenvalue weighted by Crippen LogP contribution is -2.05. The van der Waals surface area contributed by atoms with Gasteiger partial charge in [0.05, 0.1) is 23.2 Å². The largest absolute Gasteiger partial charge is 0.496 e. The molecule has 0 spiro atoms. The Morgan fingerprint density at radius 3 is 2.49 bits per heavy atom. The Balaban J connectivity index is 1.56. The van der Waals surface area contributed by atoms with Crippen molar-refractivity contribution in [1.82, 2.24) is 15.1 Å². The van der Waals surface area contributed by atoms with Gasteiger partial charge in [-0.15, -0.1) is 0 Å². The van der Waals surface area contributed by atoms with Crippen molar-refractivity contribution in [3.8, 4) is 28.1 Å². The monoisotopic (exact) mass is 484 g/mol. The molecule has 2 aromatic heterocycles. The Morgan fingerprint density at radius 1 is 0.886 bits per heavy atom. The van der Waals surface area contributed by atoms with Crippen LogP contribution in [-0.2, 0) is 11.0 Å². The van der Waals surface area contributed by atoms with Crippen LogP contribution in [0, 0.1) is 20.8 Å². The highest BCUT2D eigenvalue weighted by molar-refractivity contribution is 7.86. The van der Waals surface area contributed by atoms with E-state index in [2.05, 4.69) is 64.9 Å². The molecule has 0 saturated carbocycles. The van der Waals surface area contributed by atoms with E-state index in [1.807, 2.05) is 12.1 Å². The molecular formula is C27H24N4O3S. The van der Waals surface area contributed by atoms with E-state index >= 15 is 0 Å². The highest BCUT2D eigenvalue weighted by Crippen LogP contribution is 2.38. The van der Waals surface area contributed by atoms with Gasteiger partial charge in [-0.25, -0.2) is 14.2 Å². The predicted molar refractivity (Wildman–Crippen MR) is 138 cm³/mol. The van der Waals surface area contributed by atoms with Crippen LogP contribution in [0.4, 0.5) is 5.82 Å². The van der Waals surface area contributed by atoms with Crippen LogP contribution in [0.15, 0.2) is 76.6 Å². The SMILES string of the molecule is COc1cc(-c2ncnc3cc(S(=O)Nc4ccon4)ccc23)c(C)cc1-c1ccc(C)c(C)c1. The fourth-order valence-electron chi connectivity index (χ4n) is 4.03. The van der Waals surface area contributed by atoms with Crippen molar-refractivity contribution in [2.45, 2.75) is 25.7 Å². The number of fused-ring (bicyclic) bond motifs is 1. The van der Waals surface area contributed by atoms with Crippen molar-refractivity contribution in [2.75, 3.05) is 11.8 Å². The number of hydrogen-bond acceptors (Lipinski definition) is 6.